The molecule has 0 saturated heterocycles. The van der Waals surface area contributed by atoms with E-state index in [2.05, 4.69) is 20.6 Å². The molecule has 0 bridgehead atoms. The van der Waals surface area contributed by atoms with Crippen LogP contribution in [0.2, 0.25) is 0 Å². The largest absolute Gasteiger partial charge is 0.298 e. The van der Waals surface area contributed by atoms with Crippen molar-refractivity contribution in [1.29, 1.82) is 0 Å². The maximum atomic E-state index is 10.7. The number of aldehydes is 1. The molecule has 0 fully saturated rings. The first-order valence-electron chi connectivity index (χ1n) is 3.97. The predicted molar refractivity (Wildman–Crippen MR) is 48.4 cm³/mol. The maximum absolute atomic E-state index is 10.7. The number of benzene rings is 1. The first-order valence-corrected chi connectivity index (χ1v) is 3.97. The van der Waals surface area contributed by atoms with Crippen molar-refractivity contribution >= 4 is 6.29 Å². The fourth-order valence-corrected chi connectivity index (χ4v) is 1.15. The molecule has 68 valence electrons. The van der Waals surface area contributed by atoms with Gasteiger partial charge in [-0.05, 0) is 10.4 Å². The summed E-state index contributed by atoms with van der Waals surface area (Å²) in [6.07, 6.45) is 2.24. The van der Waals surface area contributed by atoms with Crippen LogP contribution in [0.4, 0.5) is 0 Å². The third-order valence-corrected chi connectivity index (χ3v) is 1.79. The van der Waals surface area contributed by atoms with E-state index >= 15 is 0 Å². The Kier molecular flexibility index (Phi) is 2.22. The van der Waals surface area contributed by atoms with Gasteiger partial charge in [-0.25, -0.2) is 0 Å². The number of hydrogen-bond acceptors (Lipinski definition) is 5. The summed E-state index contributed by atoms with van der Waals surface area (Å²) in [5, 5.41) is 14.1. The zero-order valence-electron chi connectivity index (χ0n) is 7.16. The minimum Gasteiger partial charge on any atom is -0.298 e. The molecule has 0 amide bonds. The second kappa shape index (κ2) is 3.69. The van der Waals surface area contributed by atoms with E-state index in [0.717, 1.165) is 6.29 Å². The third-order valence-electron chi connectivity index (χ3n) is 1.79. The van der Waals surface area contributed by atoms with E-state index in [0.29, 0.717) is 16.8 Å². The molecule has 0 unspecified atom stereocenters. The van der Waals surface area contributed by atoms with E-state index in [1.54, 1.807) is 18.2 Å². The number of aromatic nitrogens is 4. The fraction of sp³-hybridized carbons (Fsp3) is 0. The molecule has 1 aromatic heterocycles. The summed E-state index contributed by atoms with van der Waals surface area (Å²) in [7, 11) is 0. The monoisotopic (exact) mass is 186 g/mol. The fourth-order valence-electron chi connectivity index (χ4n) is 1.15. The van der Waals surface area contributed by atoms with E-state index in [4.69, 9.17) is 0 Å². The molecule has 2 rings (SSSR count). The number of carbonyl (C=O) groups excluding carboxylic acids is 1. The topological polar surface area (TPSA) is 68.6 Å². The highest BCUT2D eigenvalue weighted by Gasteiger charge is 2.04. The van der Waals surface area contributed by atoms with E-state index < -0.39 is 0 Å². The quantitative estimate of drug-likeness (QED) is 0.647. The Balaban J connectivity index is 2.57. The van der Waals surface area contributed by atoms with Gasteiger partial charge in [0.15, 0.2) is 6.29 Å². The molecule has 0 radical (unpaired) electrons. The van der Waals surface area contributed by atoms with Crippen LogP contribution in [0.3, 0.4) is 0 Å². The maximum Gasteiger partial charge on any atom is 0.150 e. The van der Waals surface area contributed by atoms with Gasteiger partial charge in [0.25, 0.3) is 0 Å². The Labute approximate surface area is 79.8 Å². The molecule has 0 N–H and O–H groups in total. The van der Waals surface area contributed by atoms with Crippen molar-refractivity contribution in [1.82, 2.24) is 20.6 Å². The SMILES string of the molecule is O=Cc1ccccc1-c1cnnnn1. The van der Waals surface area contributed by atoms with Gasteiger partial charge in [0.1, 0.15) is 5.69 Å². The van der Waals surface area contributed by atoms with Crippen LogP contribution in [0.25, 0.3) is 11.3 Å². The van der Waals surface area contributed by atoms with Crippen molar-refractivity contribution in [2.75, 3.05) is 0 Å². The molecule has 0 spiro atoms. The summed E-state index contributed by atoms with van der Waals surface area (Å²) in [6, 6.07) is 7.11. The average Bonchev–Trinajstić information content (AvgIpc) is 2.30. The lowest BCUT2D eigenvalue weighted by atomic mass is 10.1. The average molecular weight is 186 g/mol. The summed E-state index contributed by atoms with van der Waals surface area (Å²) in [5.74, 6) is 0. The van der Waals surface area contributed by atoms with E-state index in [1.807, 2.05) is 6.07 Å². The Morgan fingerprint density at radius 2 is 2.00 bits per heavy atom. The predicted octanol–water partition coefficient (Wildman–Crippen LogP) is 0.746. The zero-order chi connectivity index (χ0) is 9.80. The summed E-state index contributed by atoms with van der Waals surface area (Å²) in [6.45, 7) is 0. The van der Waals surface area contributed by atoms with Gasteiger partial charge in [-0.3, -0.25) is 4.79 Å². The molecule has 0 aliphatic rings. The first kappa shape index (κ1) is 8.43. The van der Waals surface area contributed by atoms with Gasteiger partial charge in [-0.15, -0.1) is 10.2 Å². The second-order valence-corrected chi connectivity index (χ2v) is 2.61. The lowest BCUT2D eigenvalue weighted by Gasteiger charge is -2.00. The highest BCUT2D eigenvalue weighted by Crippen LogP contribution is 2.17. The molecule has 5 nitrogen and oxygen atoms in total. The Morgan fingerprint density at radius 3 is 2.71 bits per heavy atom. The Morgan fingerprint density at radius 1 is 1.14 bits per heavy atom. The standard InChI is InChI=1S/C9H6N4O/c14-6-7-3-1-2-4-8(7)9-5-10-12-13-11-9/h1-6H. The van der Waals surface area contributed by atoms with Crippen LogP contribution in [0.5, 0.6) is 0 Å². The van der Waals surface area contributed by atoms with E-state index in [-0.39, 0.29) is 0 Å². The first-order chi connectivity index (χ1) is 6.92. The van der Waals surface area contributed by atoms with E-state index in [9.17, 15) is 4.79 Å². The molecule has 5 heteroatoms. The summed E-state index contributed by atoms with van der Waals surface area (Å²) in [4.78, 5) is 10.7. The van der Waals surface area contributed by atoms with Gasteiger partial charge in [0.05, 0.1) is 6.20 Å². The van der Waals surface area contributed by atoms with Crippen LogP contribution in [0.1, 0.15) is 10.4 Å². The molecule has 0 atom stereocenters. The molecule has 1 heterocycles. The van der Waals surface area contributed by atoms with Gasteiger partial charge in [0, 0.05) is 11.1 Å². The smallest absolute Gasteiger partial charge is 0.150 e. The molecule has 1 aromatic carbocycles. The highest BCUT2D eigenvalue weighted by atomic mass is 16.1. The van der Waals surface area contributed by atoms with Crippen LogP contribution in [-0.4, -0.2) is 26.9 Å². The zero-order valence-corrected chi connectivity index (χ0v) is 7.16. The van der Waals surface area contributed by atoms with Gasteiger partial charge < -0.3 is 0 Å². The molecule has 0 saturated carbocycles. The van der Waals surface area contributed by atoms with Crippen LogP contribution < -0.4 is 0 Å². The molecule has 14 heavy (non-hydrogen) atoms. The van der Waals surface area contributed by atoms with Crippen molar-refractivity contribution in [3.05, 3.63) is 36.0 Å². The summed E-state index contributed by atoms with van der Waals surface area (Å²) in [5.41, 5.74) is 1.82. The van der Waals surface area contributed by atoms with Gasteiger partial charge >= 0.3 is 0 Å². The van der Waals surface area contributed by atoms with Crippen molar-refractivity contribution in [3.8, 4) is 11.3 Å². The van der Waals surface area contributed by atoms with Crippen LogP contribution in [0, 0.1) is 0 Å². The van der Waals surface area contributed by atoms with Crippen LogP contribution in [-0.2, 0) is 0 Å². The van der Waals surface area contributed by atoms with Crippen molar-refractivity contribution in [2.45, 2.75) is 0 Å². The van der Waals surface area contributed by atoms with Crippen molar-refractivity contribution in [3.63, 3.8) is 0 Å². The Bertz CT molecular complexity index is 444. The van der Waals surface area contributed by atoms with Gasteiger partial charge in [0.2, 0.25) is 0 Å². The minimum absolute atomic E-state index is 0.544. The second-order valence-electron chi connectivity index (χ2n) is 2.61. The van der Waals surface area contributed by atoms with Gasteiger partial charge in [-0.1, -0.05) is 24.3 Å². The van der Waals surface area contributed by atoms with Gasteiger partial charge in [-0.2, -0.15) is 0 Å². The molecular weight excluding hydrogens is 180 g/mol. The third kappa shape index (κ3) is 1.47. The Hall–Kier alpha value is -2.17. The lowest BCUT2D eigenvalue weighted by Crippen LogP contribution is -1.95. The minimum atomic E-state index is 0.544. The molecule has 0 aliphatic heterocycles. The molecule has 2 aromatic rings. The number of hydrogen-bond donors (Lipinski definition) is 0. The molecular formula is C9H6N4O. The van der Waals surface area contributed by atoms with Crippen molar-refractivity contribution in [2.24, 2.45) is 0 Å². The number of rotatable bonds is 2. The van der Waals surface area contributed by atoms with E-state index in [1.165, 1.54) is 6.20 Å². The van der Waals surface area contributed by atoms with Crippen LogP contribution in [0.15, 0.2) is 30.5 Å². The van der Waals surface area contributed by atoms with Crippen molar-refractivity contribution < 1.29 is 4.79 Å². The molecule has 0 aliphatic carbocycles. The summed E-state index contributed by atoms with van der Waals surface area (Å²) >= 11 is 0. The highest BCUT2D eigenvalue weighted by molar-refractivity contribution is 5.86. The number of carbonyl (C=O) groups is 1. The summed E-state index contributed by atoms with van der Waals surface area (Å²) < 4.78 is 0. The number of nitrogens with zero attached hydrogens (tertiary/aromatic N) is 4. The lowest BCUT2D eigenvalue weighted by molar-refractivity contribution is 0.112. The van der Waals surface area contributed by atoms with Crippen LogP contribution >= 0.6 is 0 Å². The normalized spacial score (nSPS) is 9.71.